The Bertz CT molecular complexity index is 1730. The van der Waals surface area contributed by atoms with E-state index in [1.807, 2.05) is 66.2 Å². The van der Waals surface area contributed by atoms with Gasteiger partial charge in [0.1, 0.15) is 13.1 Å². The molecule has 0 bridgehead atoms. The predicted molar refractivity (Wildman–Crippen MR) is 158 cm³/mol. The molecule has 0 atom stereocenters. The van der Waals surface area contributed by atoms with Gasteiger partial charge in [0.2, 0.25) is 0 Å². The van der Waals surface area contributed by atoms with Gasteiger partial charge in [-0.3, -0.25) is 14.2 Å². The molecular formula is C30H32N4O3S. The zero-order valence-electron chi connectivity index (χ0n) is 22.1. The summed E-state index contributed by atoms with van der Waals surface area (Å²) >= 11 is 0. The smallest absolute Gasteiger partial charge is 0.265 e. The summed E-state index contributed by atoms with van der Waals surface area (Å²) in [4.78, 5) is 30.2. The van der Waals surface area contributed by atoms with Crippen molar-refractivity contribution in [3.8, 4) is 16.8 Å². The van der Waals surface area contributed by atoms with Crippen molar-refractivity contribution >= 4 is 37.7 Å². The topological polar surface area (TPSA) is 92.1 Å². The normalized spacial score (nSPS) is 12.3. The van der Waals surface area contributed by atoms with Gasteiger partial charge in [-0.05, 0) is 72.7 Å². The summed E-state index contributed by atoms with van der Waals surface area (Å²) in [6.45, 7) is 2.98. The van der Waals surface area contributed by atoms with Gasteiger partial charge in [0.25, 0.3) is 11.5 Å². The maximum absolute atomic E-state index is 13.3. The van der Waals surface area contributed by atoms with Crippen molar-refractivity contribution in [2.75, 3.05) is 31.1 Å². The van der Waals surface area contributed by atoms with Crippen LogP contribution < -0.4 is 11.3 Å². The molecule has 3 aromatic carbocycles. The number of para-hydroxylation sites is 1. The molecule has 7 nitrogen and oxygen atoms in total. The van der Waals surface area contributed by atoms with Gasteiger partial charge in [-0.1, -0.05) is 30.3 Å². The Labute approximate surface area is 223 Å². The first-order valence-corrected chi connectivity index (χ1v) is 15.4. The number of amides is 1. The van der Waals surface area contributed by atoms with Crippen molar-refractivity contribution in [1.82, 2.24) is 14.1 Å². The van der Waals surface area contributed by atoms with E-state index in [1.165, 1.54) is 0 Å². The molecule has 0 aliphatic carbocycles. The van der Waals surface area contributed by atoms with Crippen LogP contribution in [0.25, 0.3) is 38.6 Å². The van der Waals surface area contributed by atoms with Crippen molar-refractivity contribution in [1.29, 1.82) is 0 Å². The molecule has 5 rings (SSSR count). The number of carbonyl (C=O) groups is 1. The summed E-state index contributed by atoms with van der Waals surface area (Å²) in [6.07, 6.45) is 10.3. The zero-order valence-corrected chi connectivity index (χ0v) is 22.9. The van der Waals surface area contributed by atoms with E-state index in [2.05, 4.69) is 23.8 Å². The third-order valence-corrected chi connectivity index (χ3v) is 8.17. The van der Waals surface area contributed by atoms with Crippen LogP contribution in [0.1, 0.15) is 15.9 Å². The summed E-state index contributed by atoms with van der Waals surface area (Å²) < 4.78 is 9.51. The number of benzene rings is 3. The van der Waals surface area contributed by atoms with Gasteiger partial charge in [-0.25, -0.2) is 15.0 Å². The van der Waals surface area contributed by atoms with E-state index in [1.54, 1.807) is 23.0 Å². The standard InChI is InChI=1S/C30H32N4O3S/c1-20-21(9-7-11-27(20)34-18-32-26-10-6-5-8-24(26)30(34)36)22-12-13-25(29(31)35)28-23(22)14-15-33(28)19-37-16-17-38(2,3)4/h5-15,18H,16-17,19H2,1-4H3,(H2,31,35). The van der Waals surface area contributed by atoms with Crippen LogP contribution in [0, 0.1) is 6.92 Å². The first-order valence-electron chi connectivity index (χ1n) is 12.4. The van der Waals surface area contributed by atoms with Crippen LogP contribution in [0.2, 0.25) is 0 Å². The second kappa shape index (κ2) is 10.1. The van der Waals surface area contributed by atoms with Crippen LogP contribution in [0.5, 0.6) is 0 Å². The highest BCUT2D eigenvalue weighted by atomic mass is 32.3. The van der Waals surface area contributed by atoms with E-state index < -0.39 is 15.9 Å². The number of rotatable bonds is 8. The van der Waals surface area contributed by atoms with Gasteiger partial charge in [-0.15, -0.1) is 0 Å². The second-order valence-corrected chi connectivity index (χ2v) is 14.9. The summed E-state index contributed by atoms with van der Waals surface area (Å²) in [7, 11) is -0.656. The highest BCUT2D eigenvalue weighted by Gasteiger charge is 2.18. The Morgan fingerprint density at radius 1 is 0.974 bits per heavy atom. The molecule has 2 aromatic heterocycles. The van der Waals surface area contributed by atoms with Crippen LogP contribution in [0.15, 0.2) is 78.0 Å². The average molecular weight is 529 g/mol. The fraction of sp³-hybridized carbons (Fsp3) is 0.233. The van der Waals surface area contributed by atoms with Crippen molar-refractivity contribution in [3.05, 3.63) is 94.7 Å². The van der Waals surface area contributed by atoms with Crippen LogP contribution in [0.3, 0.4) is 0 Å². The van der Waals surface area contributed by atoms with Crippen molar-refractivity contribution in [3.63, 3.8) is 0 Å². The van der Waals surface area contributed by atoms with Crippen molar-refractivity contribution in [2.24, 2.45) is 5.73 Å². The van der Waals surface area contributed by atoms with Gasteiger partial charge in [0, 0.05) is 17.3 Å². The molecule has 0 saturated heterocycles. The summed E-state index contributed by atoms with van der Waals surface area (Å²) in [6, 6.07) is 18.9. The molecule has 2 heterocycles. The number of hydrogen-bond donors (Lipinski definition) is 1. The highest BCUT2D eigenvalue weighted by Crippen LogP contribution is 2.36. The number of hydrogen-bond acceptors (Lipinski definition) is 4. The summed E-state index contributed by atoms with van der Waals surface area (Å²) in [5.74, 6) is 0.523. The lowest BCUT2D eigenvalue weighted by atomic mass is 9.94. The monoisotopic (exact) mass is 528 g/mol. The van der Waals surface area contributed by atoms with E-state index in [0.717, 1.165) is 39.0 Å². The maximum atomic E-state index is 13.3. The fourth-order valence-corrected chi connectivity index (χ4v) is 5.37. The molecule has 38 heavy (non-hydrogen) atoms. The Hall–Kier alpha value is -3.88. The number of carbonyl (C=O) groups excluding carboxylic acids is 1. The maximum Gasteiger partial charge on any atom is 0.265 e. The molecule has 0 aliphatic rings. The highest BCUT2D eigenvalue weighted by molar-refractivity contribution is 8.32. The van der Waals surface area contributed by atoms with E-state index in [-0.39, 0.29) is 5.56 Å². The number of fused-ring (bicyclic) bond motifs is 2. The first-order chi connectivity index (χ1) is 18.2. The molecule has 5 aromatic rings. The molecule has 1 amide bonds. The van der Waals surface area contributed by atoms with Gasteiger partial charge in [-0.2, -0.15) is 0 Å². The molecule has 2 N–H and O–H groups in total. The van der Waals surface area contributed by atoms with Gasteiger partial charge >= 0.3 is 0 Å². The lowest BCUT2D eigenvalue weighted by Gasteiger charge is -2.24. The summed E-state index contributed by atoms with van der Waals surface area (Å²) in [5, 5.41) is 1.47. The molecule has 0 radical (unpaired) electrons. The number of ether oxygens (including phenoxy) is 1. The van der Waals surface area contributed by atoms with E-state index in [9.17, 15) is 9.59 Å². The third kappa shape index (κ3) is 4.85. The lowest BCUT2D eigenvalue weighted by Crippen LogP contribution is -2.19. The Kier molecular flexibility index (Phi) is 6.86. The number of aromatic nitrogens is 3. The Balaban J connectivity index is 1.60. The van der Waals surface area contributed by atoms with Crippen molar-refractivity contribution in [2.45, 2.75) is 13.7 Å². The van der Waals surface area contributed by atoms with Crippen molar-refractivity contribution < 1.29 is 9.53 Å². The third-order valence-electron chi connectivity index (χ3n) is 6.78. The minimum atomic E-state index is -0.656. The second-order valence-electron chi connectivity index (χ2n) is 10.3. The molecule has 0 fully saturated rings. The minimum Gasteiger partial charge on any atom is -0.366 e. The van der Waals surface area contributed by atoms with E-state index >= 15 is 0 Å². The van der Waals surface area contributed by atoms with Crippen LogP contribution >= 0.6 is 10.0 Å². The Morgan fingerprint density at radius 3 is 2.53 bits per heavy atom. The van der Waals surface area contributed by atoms with Crippen LogP contribution in [-0.4, -0.2) is 51.2 Å². The molecular weight excluding hydrogens is 496 g/mol. The zero-order chi connectivity index (χ0) is 27.0. The van der Waals surface area contributed by atoms with Gasteiger partial charge in [0.05, 0.1) is 34.3 Å². The predicted octanol–water partition coefficient (Wildman–Crippen LogP) is 5.08. The molecule has 0 aliphatic heterocycles. The average Bonchev–Trinajstić information content (AvgIpc) is 3.30. The Morgan fingerprint density at radius 2 is 1.76 bits per heavy atom. The molecule has 0 spiro atoms. The van der Waals surface area contributed by atoms with Gasteiger partial charge in [0.15, 0.2) is 0 Å². The minimum absolute atomic E-state index is 0.120. The van der Waals surface area contributed by atoms with Crippen LogP contribution in [0.4, 0.5) is 0 Å². The summed E-state index contributed by atoms with van der Waals surface area (Å²) in [5.41, 5.74) is 11.1. The lowest BCUT2D eigenvalue weighted by molar-refractivity contribution is 0.0922. The number of primary amides is 1. The SMILES string of the molecule is Cc1c(-c2ccc(C(N)=O)c3c2ccn3COCCS(C)(C)C)cccc1-n1cnc2ccccc2c1=O. The van der Waals surface area contributed by atoms with E-state index in [0.29, 0.717) is 29.8 Å². The molecule has 0 saturated carbocycles. The van der Waals surface area contributed by atoms with Gasteiger partial charge < -0.3 is 15.0 Å². The van der Waals surface area contributed by atoms with Crippen LogP contribution in [-0.2, 0) is 11.5 Å². The number of nitrogens with zero attached hydrogens (tertiary/aromatic N) is 3. The molecule has 196 valence electrons. The fourth-order valence-electron chi connectivity index (χ4n) is 4.76. The molecule has 0 unspecified atom stereocenters. The molecule has 8 heteroatoms. The quantitative estimate of drug-likeness (QED) is 0.284. The largest absolute Gasteiger partial charge is 0.366 e. The first kappa shape index (κ1) is 25.8. The van der Waals surface area contributed by atoms with E-state index in [4.69, 9.17) is 10.5 Å². The number of nitrogens with two attached hydrogens (primary N) is 1.